The third kappa shape index (κ3) is 5.30. The summed E-state index contributed by atoms with van der Waals surface area (Å²) in [7, 11) is 0. The van der Waals surface area contributed by atoms with Crippen molar-refractivity contribution in [2.24, 2.45) is 4.99 Å². The highest BCUT2D eigenvalue weighted by Gasteiger charge is 2.21. The van der Waals surface area contributed by atoms with Crippen molar-refractivity contribution in [1.29, 1.82) is 0 Å². The molecule has 0 heterocycles. The molecule has 0 fully saturated rings. The number of hydrogen-bond donors (Lipinski definition) is 2. The van der Waals surface area contributed by atoms with E-state index >= 15 is 0 Å². The van der Waals surface area contributed by atoms with Crippen molar-refractivity contribution in [3.8, 4) is 0 Å². The number of allylic oxidation sites excluding steroid dienone is 2. The van der Waals surface area contributed by atoms with Crippen LogP contribution in [0.15, 0.2) is 16.8 Å². The van der Waals surface area contributed by atoms with E-state index in [0.717, 1.165) is 18.0 Å². The summed E-state index contributed by atoms with van der Waals surface area (Å²) < 4.78 is 0. The molecule has 2 nitrogen and oxygen atoms in total. The molecule has 0 spiro atoms. The molecule has 0 N–H and O–H groups in total. The van der Waals surface area contributed by atoms with Crippen LogP contribution in [-0.2, 0) is 0 Å². The molecule has 0 saturated heterocycles. The van der Waals surface area contributed by atoms with Gasteiger partial charge in [0.05, 0.1) is 11.8 Å². The van der Waals surface area contributed by atoms with Crippen molar-refractivity contribution in [2.45, 2.75) is 46.6 Å². The van der Waals surface area contributed by atoms with Crippen LogP contribution < -0.4 is 0 Å². The lowest BCUT2D eigenvalue weighted by molar-refractivity contribution is 0.213. The zero-order valence-electron chi connectivity index (χ0n) is 11.0. The van der Waals surface area contributed by atoms with Gasteiger partial charge in [-0.25, -0.2) is 0 Å². The first kappa shape index (κ1) is 15.9. The first-order valence-corrected chi connectivity index (χ1v) is 6.84. The largest absolute Gasteiger partial charge is 0.361 e. The summed E-state index contributed by atoms with van der Waals surface area (Å²) >= 11 is 8.50. The Hall–Kier alpha value is -0.0900. The molecule has 94 valence electrons. The average molecular weight is 260 g/mol. The topological polar surface area (TPSA) is 15.6 Å². The molecule has 0 radical (unpaired) electrons. The van der Waals surface area contributed by atoms with Gasteiger partial charge in [0, 0.05) is 16.9 Å². The van der Waals surface area contributed by atoms with Crippen molar-refractivity contribution in [2.75, 3.05) is 11.8 Å². The molecule has 0 rings (SSSR count). The maximum absolute atomic E-state index is 4.41. The summed E-state index contributed by atoms with van der Waals surface area (Å²) in [5, 5.41) is 0. The summed E-state index contributed by atoms with van der Waals surface area (Å²) in [4.78, 5) is 6.55. The number of aliphatic imine (C=N–C) groups is 1. The van der Waals surface area contributed by atoms with Crippen LogP contribution in [0.3, 0.4) is 0 Å². The Balaban J connectivity index is 5.03. The van der Waals surface area contributed by atoms with Crippen molar-refractivity contribution in [3.63, 3.8) is 0 Å². The first-order valence-electron chi connectivity index (χ1n) is 5.57. The summed E-state index contributed by atoms with van der Waals surface area (Å²) in [5.74, 6) is 1.26. The van der Waals surface area contributed by atoms with E-state index in [2.05, 4.69) is 68.9 Å². The Kier molecular flexibility index (Phi) is 7.24. The molecule has 0 saturated carbocycles. The molecule has 0 amide bonds. The molecule has 0 unspecified atom stereocenters. The number of rotatable bonds is 5. The summed E-state index contributed by atoms with van der Waals surface area (Å²) in [6.07, 6.45) is 3.11. The molecular formula is C12H24N2S2. The van der Waals surface area contributed by atoms with Crippen molar-refractivity contribution in [1.82, 2.24) is 4.90 Å². The fourth-order valence-corrected chi connectivity index (χ4v) is 2.33. The molecular weight excluding hydrogens is 236 g/mol. The van der Waals surface area contributed by atoms with Crippen LogP contribution in [0.25, 0.3) is 0 Å². The van der Waals surface area contributed by atoms with Gasteiger partial charge in [0.1, 0.15) is 0 Å². The highest BCUT2D eigenvalue weighted by atomic mass is 32.1. The van der Waals surface area contributed by atoms with Crippen molar-refractivity contribution in [3.05, 3.63) is 11.8 Å². The van der Waals surface area contributed by atoms with Crippen LogP contribution in [0, 0.1) is 0 Å². The molecule has 16 heavy (non-hydrogen) atoms. The van der Waals surface area contributed by atoms with Gasteiger partial charge in [0.15, 0.2) is 0 Å². The Morgan fingerprint density at radius 1 is 1.31 bits per heavy atom. The Bertz CT molecular complexity index is 265. The molecule has 0 aromatic carbocycles. The molecule has 0 aliphatic rings. The average Bonchev–Trinajstić information content (AvgIpc) is 2.15. The van der Waals surface area contributed by atoms with Crippen molar-refractivity contribution >= 4 is 31.0 Å². The minimum atomic E-state index is 0.0881. The standard InChI is InChI=1S/C12H24N2S2/c1-6-11(7-10(2)13-8-15)14(9-16)12(3,4)5/h7,15-16H,6,8-9H2,1-5H3/b11-7-,13-10?. The van der Waals surface area contributed by atoms with Crippen LogP contribution >= 0.6 is 25.3 Å². The van der Waals surface area contributed by atoms with Crippen LogP contribution in [0.5, 0.6) is 0 Å². The zero-order chi connectivity index (χ0) is 12.8. The highest BCUT2D eigenvalue weighted by Crippen LogP contribution is 2.22. The van der Waals surface area contributed by atoms with E-state index in [0.29, 0.717) is 5.88 Å². The molecule has 0 aliphatic carbocycles. The van der Waals surface area contributed by atoms with Gasteiger partial charge >= 0.3 is 0 Å². The lowest BCUT2D eigenvalue weighted by Crippen LogP contribution is -2.39. The number of nitrogens with zero attached hydrogens (tertiary/aromatic N) is 2. The van der Waals surface area contributed by atoms with Gasteiger partial charge < -0.3 is 4.90 Å². The monoisotopic (exact) mass is 260 g/mol. The third-order valence-corrected chi connectivity index (χ3v) is 2.78. The van der Waals surface area contributed by atoms with Gasteiger partial charge in [0.2, 0.25) is 0 Å². The quantitative estimate of drug-likeness (QED) is 0.438. The Morgan fingerprint density at radius 3 is 2.19 bits per heavy atom. The van der Waals surface area contributed by atoms with Crippen molar-refractivity contribution < 1.29 is 0 Å². The normalized spacial score (nSPS) is 14.2. The molecule has 4 heteroatoms. The molecule has 0 aromatic rings. The summed E-state index contributed by atoms with van der Waals surface area (Å²) in [5.41, 5.74) is 2.37. The maximum Gasteiger partial charge on any atom is 0.0818 e. The van der Waals surface area contributed by atoms with E-state index < -0.39 is 0 Å². The van der Waals surface area contributed by atoms with Crippen LogP contribution in [0.2, 0.25) is 0 Å². The van der Waals surface area contributed by atoms with Gasteiger partial charge in [-0.15, -0.1) is 0 Å². The lowest BCUT2D eigenvalue weighted by Gasteiger charge is -2.38. The van der Waals surface area contributed by atoms with E-state index in [4.69, 9.17) is 0 Å². The molecule has 0 aromatic heterocycles. The SMILES string of the molecule is CC/C(=C/C(C)=NCS)N(CS)C(C)(C)C. The van der Waals surface area contributed by atoms with E-state index in [1.54, 1.807) is 0 Å². The fourth-order valence-electron chi connectivity index (χ4n) is 1.50. The van der Waals surface area contributed by atoms with E-state index in [-0.39, 0.29) is 5.54 Å². The third-order valence-electron chi connectivity index (χ3n) is 2.36. The van der Waals surface area contributed by atoms with Crippen LogP contribution in [0.1, 0.15) is 41.0 Å². The maximum atomic E-state index is 4.41. The molecule has 0 aliphatic heterocycles. The second kappa shape index (κ2) is 7.28. The fraction of sp³-hybridized carbons (Fsp3) is 0.750. The van der Waals surface area contributed by atoms with E-state index in [9.17, 15) is 0 Å². The summed E-state index contributed by atoms with van der Waals surface area (Å²) in [6.45, 7) is 10.7. The zero-order valence-corrected chi connectivity index (χ0v) is 12.8. The number of hydrogen-bond acceptors (Lipinski definition) is 4. The lowest BCUT2D eigenvalue weighted by atomic mass is 10.0. The molecule has 0 bridgehead atoms. The summed E-state index contributed by atoms with van der Waals surface area (Å²) in [6, 6.07) is 0. The predicted molar refractivity (Wildman–Crippen MR) is 80.8 cm³/mol. The van der Waals surface area contributed by atoms with Gasteiger partial charge in [-0.05, 0) is 40.2 Å². The van der Waals surface area contributed by atoms with Gasteiger partial charge in [0.25, 0.3) is 0 Å². The smallest absolute Gasteiger partial charge is 0.0818 e. The van der Waals surface area contributed by atoms with Gasteiger partial charge in [-0.1, -0.05) is 6.92 Å². The number of thiol groups is 2. The second-order valence-corrected chi connectivity index (χ2v) is 5.24. The minimum Gasteiger partial charge on any atom is -0.361 e. The minimum absolute atomic E-state index is 0.0881. The van der Waals surface area contributed by atoms with Crippen LogP contribution in [-0.4, -0.2) is 27.9 Å². The van der Waals surface area contributed by atoms with Gasteiger partial charge in [-0.3, -0.25) is 4.99 Å². The highest BCUT2D eigenvalue weighted by molar-refractivity contribution is 7.80. The predicted octanol–water partition coefficient (Wildman–Crippen LogP) is 3.62. The van der Waals surface area contributed by atoms with Crippen LogP contribution in [0.4, 0.5) is 0 Å². The second-order valence-electron chi connectivity index (χ2n) is 4.67. The van der Waals surface area contributed by atoms with Gasteiger partial charge in [-0.2, -0.15) is 25.3 Å². The molecule has 0 atom stereocenters. The Labute approximate surface area is 111 Å². The van der Waals surface area contributed by atoms with E-state index in [1.165, 1.54) is 5.70 Å². The van der Waals surface area contributed by atoms with E-state index in [1.807, 2.05) is 6.92 Å². The first-order chi connectivity index (χ1) is 7.36. The Morgan fingerprint density at radius 2 is 1.88 bits per heavy atom.